The summed E-state index contributed by atoms with van der Waals surface area (Å²) >= 11 is 0. The quantitative estimate of drug-likeness (QED) is 0.783. The van der Waals surface area contributed by atoms with E-state index in [2.05, 4.69) is 15.5 Å². The number of amides is 1. The Balaban J connectivity index is 1.56. The summed E-state index contributed by atoms with van der Waals surface area (Å²) in [5.41, 5.74) is 1.62. The Morgan fingerprint density at radius 3 is 3.08 bits per heavy atom. The highest BCUT2D eigenvalue weighted by Gasteiger charge is 2.33. The Morgan fingerprint density at radius 1 is 1.46 bits per heavy atom. The van der Waals surface area contributed by atoms with Crippen LogP contribution in [0.25, 0.3) is 0 Å². The number of carbonyl (C=O) groups is 1. The maximum atomic E-state index is 12.0. The number of benzene rings is 1. The predicted molar refractivity (Wildman–Crippen MR) is 89.9 cm³/mol. The highest BCUT2D eigenvalue weighted by Crippen LogP contribution is 2.28. The van der Waals surface area contributed by atoms with Gasteiger partial charge in [-0.2, -0.15) is 5.10 Å². The van der Waals surface area contributed by atoms with Gasteiger partial charge in [-0.25, -0.2) is 0 Å². The van der Waals surface area contributed by atoms with Gasteiger partial charge in [0, 0.05) is 18.7 Å². The number of hydrogen-bond acceptors (Lipinski definition) is 4. The molecule has 1 amide bonds. The van der Waals surface area contributed by atoms with Crippen molar-refractivity contribution in [3.63, 3.8) is 0 Å². The van der Waals surface area contributed by atoms with Gasteiger partial charge < -0.3 is 15.2 Å². The highest BCUT2D eigenvalue weighted by molar-refractivity contribution is 5.93. The molecule has 1 saturated carbocycles. The number of nitrogens with zero attached hydrogens (tertiary/aromatic N) is 1. The maximum absolute atomic E-state index is 12.0. The monoisotopic (exact) mass is 329 g/mol. The summed E-state index contributed by atoms with van der Waals surface area (Å²) in [6, 6.07) is 7.84. The molecule has 1 heterocycles. The van der Waals surface area contributed by atoms with Gasteiger partial charge in [0.25, 0.3) is 5.91 Å². The van der Waals surface area contributed by atoms with Crippen LogP contribution in [0, 0.1) is 12.8 Å². The summed E-state index contributed by atoms with van der Waals surface area (Å²) in [6.07, 6.45) is 4.87. The average molecular weight is 329 g/mol. The van der Waals surface area contributed by atoms with Crippen molar-refractivity contribution in [1.29, 1.82) is 0 Å². The van der Waals surface area contributed by atoms with Crippen LogP contribution in [-0.2, 0) is 0 Å². The summed E-state index contributed by atoms with van der Waals surface area (Å²) in [7, 11) is 0. The number of nitrogens with one attached hydrogen (secondary N) is 2. The molecule has 3 atom stereocenters. The van der Waals surface area contributed by atoms with Crippen molar-refractivity contribution in [2.45, 2.75) is 38.4 Å². The Hall–Kier alpha value is -2.34. The zero-order chi connectivity index (χ0) is 16.9. The molecule has 1 aliphatic rings. The third-order valence-electron chi connectivity index (χ3n) is 4.49. The predicted octanol–water partition coefficient (Wildman–Crippen LogP) is 2.06. The standard InChI is InChI=1S/C18H23N3O3/c1-12-4-2-6-15(8-12)24-16-7-3-5-13(17(16)22)9-19-18(23)14-10-20-21-11-14/h2,4,6,8,10-11,13,16-17,22H,3,5,7,9H2,1H3,(H,19,23)(H,20,21)/t13-,16-,17-/m1/s1. The molecule has 24 heavy (non-hydrogen) atoms. The lowest BCUT2D eigenvalue weighted by atomic mass is 9.84. The molecule has 3 N–H and O–H groups in total. The highest BCUT2D eigenvalue weighted by atomic mass is 16.5. The minimum absolute atomic E-state index is 0.00981. The van der Waals surface area contributed by atoms with E-state index < -0.39 is 6.10 Å². The fraction of sp³-hybridized carbons (Fsp3) is 0.444. The second-order valence-electron chi connectivity index (χ2n) is 6.35. The number of H-pyrrole nitrogens is 1. The normalized spacial score (nSPS) is 23.7. The van der Waals surface area contributed by atoms with E-state index in [1.807, 2.05) is 31.2 Å². The smallest absolute Gasteiger partial charge is 0.254 e. The second kappa shape index (κ2) is 7.49. The lowest BCUT2D eigenvalue weighted by Gasteiger charge is -2.35. The fourth-order valence-corrected chi connectivity index (χ4v) is 3.14. The van der Waals surface area contributed by atoms with E-state index in [4.69, 9.17) is 4.74 Å². The van der Waals surface area contributed by atoms with Crippen LogP contribution in [0.3, 0.4) is 0 Å². The van der Waals surface area contributed by atoms with E-state index in [-0.39, 0.29) is 17.9 Å². The van der Waals surface area contributed by atoms with E-state index >= 15 is 0 Å². The van der Waals surface area contributed by atoms with Crippen molar-refractivity contribution >= 4 is 5.91 Å². The average Bonchev–Trinajstić information content (AvgIpc) is 3.10. The van der Waals surface area contributed by atoms with E-state index in [1.54, 1.807) is 6.20 Å². The summed E-state index contributed by atoms with van der Waals surface area (Å²) in [5.74, 6) is 0.587. The molecule has 6 heteroatoms. The minimum Gasteiger partial charge on any atom is -0.488 e. The van der Waals surface area contributed by atoms with E-state index in [0.717, 1.165) is 30.6 Å². The molecule has 0 bridgehead atoms. The molecule has 2 aromatic rings. The van der Waals surface area contributed by atoms with Crippen LogP contribution in [0.1, 0.15) is 35.2 Å². The van der Waals surface area contributed by atoms with Crippen LogP contribution < -0.4 is 10.1 Å². The van der Waals surface area contributed by atoms with Crippen molar-refractivity contribution < 1.29 is 14.6 Å². The van der Waals surface area contributed by atoms with Gasteiger partial charge >= 0.3 is 0 Å². The molecule has 0 saturated heterocycles. The van der Waals surface area contributed by atoms with Crippen molar-refractivity contribution in [2.75, 3.05) is 6.54 Å². The van der Waals surface area contributed by atoms with Crippen LogP contribution in [0.5, 0.6) is 5.75 Å². The SMILES string of the molecule is Cc1cccc(O[C@@H]2CCC[C@H](CNC(=O)c3cn[nH]c3)[C@H]2O)c1. The van der Waals surface area contributed by atoms with E-state index in [1.165, 1.54) is 6.20 Å². The number of aliphatic hydroxyl groups excluding tert-OH is 1. The number of aromatic amines is 1. The number of ether oxygens (including phenoxy) is 1. The van der Waals surface area contributed by atoms with Crippen LogP contribution in [0.4, 0.5) is 0 Å². The van der Waals surface area contributed by atoms with E-state index in [0.29, 0.717) is 12.1 Å². The molecular weight excluding hydrogens is 306 g/mol. The molecular formula is C18H23N3O3. The number of aryl methyl sites for hydroxylation is 1. The largest absolute Gasteiger partial charge is 0.488 e. The van der Waals surface area contributed by atoms with Gasteiger partial charge in [0.1, 0.15) is 11.9 Å². The second-order valence-corrected chi connectivity index (χ2v) is 6.35. The number of aromatic nitrogens is 2. The van der Waals surface area contributed by atoms with Crippen molar-refractivity contribution in [2.24, 2.45) is 5.92 Å². The van der Waals surface area contributed by atoms with Gasteiger partial charge in [-0.15, -0.1) is 0 Å². The van der Waals surface area contributed by atoms with Gasteiger partial charge in [-0.05, 0) is 43.9 Å². The lowest BCUT2D eigenvalue weighted by Crippen LogP contribution is -2.45. The molecule has 0 radical (unpaired) electrons. The summed E-state index contributed by atoms with van der Waals surface area (Å²) < 4.78 is 5.98. The summed E-state index contributed by atoms with van der Waals surface area (Å²) in [5, 5.41) is 19.9. The summed E-state index contributed by atoms with van der Waals surface area (Å²) in [4.78, 5) is 12.0. The first-order valence-electron chi connectivity index (χ1n) is 8.32. The van der Waals surface area contributed by atoms with Crippen LogP contribution >= 0.6 is 0 Å². The molecule has 128 valence electrons. The Kier molecular flexibility index (Phi) is 5.15. The third-order valence-corrected chi connectivity index (χ3v) is 4.49. The third kappa shape index (κ3) is 3.94. The Morgan fingerprint density at radius 2 is 2.33 bits per heavy atom. The Labute approximate surface area is 141 Å². The van der Waals surface area contributed by atoms with Crippen LogP contribution in [0.2, 0.25) is 0 Å². The number of aliphatic hydroxyl groups is 1. The molecule has 0 aliphatic heterocycles. The number of carbonyl (C=O) groups excluding carboxylic acids is 1. The number of hydrogen-bond donors (Lipinski definition) is 3. The molecule has 6 nitrogen and oxygen atoms in total. The molecule has 1 aliphatic carbocycles. The topological polar surface area (TPSA) is 87.2 Å². The zero-order valence-corrected chi connectivity index (χ0v) is 13.7. The molecule has 0 unspecified atom stereocenters. The maximum Gasteiger partial charge on any atom is 0.254 e. The number of rotatable bonds is 5. The lowest BCUT2D eigenvalue weighted by molar-refractivity contribution is -0.0301. The van der Waals surface area contributed by atoms with Gasteiger partial charge in [0.05, 0.1) is 17.9 Å². The van der Waals surface area contributed by atoms with Crippen molar-refractivity contribution in [3.8, 4) is 5.75 Å². The van der Waals surface area contributed by atoms with Gasteiger partial charge in [0.15, 0.2) is 0 Å². The van der Waals surface area contributed by atoms with Crippen LogP contribution in [-0.4, -0.2) is 40.0 Å². The fourth-order valence-electron chi connectivity index (χ4n) is 3.14. The molecule has 1 fully saturated rings. The first-order valence-corrected chi connectivity index (χ1v) is 8.32. The van der Waals surface area contributed by atoms with Gasteiger partial charge in [-0.3, -0.25) is 9.89 Å². The molecule has 3 rings (SSSR count). The van der Waals surface area contributed by atoms with Crippen molar-refractivity contribution in [1.82, 2.24) is 15.5 Å². The first-order chi connectivity index (χ1) is 11.6. The van der Waals surface area contributed by atoms with Gasteiger partial charge in [0.2, 0.25) is 0 Å². The zero-order valence-electron chi connectivity index (χ0n) is 13.7. The first kappa shape index (κ1) is 16.5. The molecule has 0 spiro atoms. The van der Waals surface area contributed by atoms with Gasteiger partial charge in [-0.1, -0.05) is 12.1 Å². The minimum atomic E-state index is -0.594. The summed E-state index contributed by atoms with van der Waals surface area (Å²) in [6.45, 7) is 2.44. The Bertz CT molecular complexity index is 672. The van der Waals surface area contributed by atoms with Crippen molar-refractivity contribution in [3.05, 3.63) is 47.8 Å². The molecule has 1 aromatic heterocycles. The van der Waals surface area contributed by atoms with E-state index in [9.17, 15) is 9.90 Å². The van der Waals surface area contributed by atoms with Crippen LogP contribution in [0.15, 0.2) is 36.7 Å². The molecule has 1 aromatic carbocycles.